The molecule has 0 aliphatic heterocycles. The summed E-state index contributed by atoms with van der Waals surface area (Å²) >= 11 is 1.31. The molecule has 5 nitrogen and oxygen atoms in total. The first-order valence-corrected chi connectivity index (χ1v) is 7.68. The van der Waals surface area contributed by atoms with Gasteiger partial charge in [-0.25, -0.2) is 0 Å². The van der Waals surface area contributed by atoms with Crippen molar-refractivity contribution in [3.8, 4) is 6.07 Å². The lowest BCUT2D eigenvalue weighted by Crippen LogP contribution is -2.13. The molecule has 0 spiro atoms. The Kier molecular flexibility index (Phi) is 5.02. The lowest BCUT2D eigenvalue weighted by Gasteiger charge is -2.05. The van der Waals surface area contributed by atoms with Crippen molar-refractivity contribution < 1.29 is 4.79 Å². The molecule has 0 saturated heterocycles. The van der Waals surface area contributed by atoms with Gasteiger partial charge in [0.15, 0.2) is 0 Å². The van der Waals surface area contributed by atoms with Crippen LogP contribution < -0.4 is 5.32 Å². The summed E-state index contributed by atoms with van der Waals surface area (Å²) in [5, 5.41) is 20.9. The summed E-state index contributed by atoms with van der Waals surface area (Å²) < 4.78 is 0. The molecular formula is C16H16N4OS. The zero-order valence-corrected chi connectivity index (χ0v) is 13.5. The smallest absolute Gasteiger partial charge is 0.268 e. The van der Waals surface area contributed by atoms with Gasteiger partial charge in [-0.3, -0.25) is 10.1 Å². The fourth-order valence-electron chi connectivity index (χ4n) is 1.96. The number of nitriles is 1. The van der Waals surface area contributed by atoms with Crippen molar-refractivity contribution in [2.24, 2.45) is 0 Å². The molecule has 112 valence electrons. The highest BCUT2D eigenvalue weighted by molar-refractivity contribution is 7.15. The number of benzene rings is 1. The van der Waals surface area contributed by atoms with Crippen molar-refractivity contribution in [3.63, 3.8) is 0 Å². The highest BCUT2D eigenvalue weighted by Crippen LogP contribution is 2.19. The predicted molar refractivity (Wildman–Crippen MR) is 87.4 cm³/mol. The lowest BCUT2D eigenvalue weighted by molar-refractivity contribution is -0.112. The first-order chi connectivity index (χ1) is 10.5. The number of nitrogens with zero attached hydrogens (tertiary/aromatic N) is 3. The quantitative estimate of drug-likeness (QED) is 0.694. The summed E-state index contributed by atoms with van der Waals surface area (Å²) in [7, 11) is 0. The molecular weight excluding hydrogens is 296 g/mol. The van der Waals surface area contributed by atoms with Gasteiger partial charge in [-0.2, -0.15) is 5.26 Å². The van der Waals surface area contributed by atoms with Crippen LogP contribution in [0.25, 0.3) is 6.08 Å². The molecule has 0 bridgehead atoms. The van der Waals surface area contributed by atoms with Crippen molar-refractivity contribution in [2.45, 2.75) is 27.2 Å². The molecule has 0 aliphatic carbocycles. The van der Waals surface area contributed by atoms with E-state index in [0.717, 1.165) is 28.1 Å². The maximum Gasteiger partial charge on any atom is 0.268 e. The van der Waals surface area contributed by atoms with Gasteiger partial charge in [-0.1, -0.05) is 36.5 Å². The van der Waals surface area contributed by atoms with E-state index >= 15 is 0 Å². The van der Waals surface area contributed by atoms with Gasteiger partial charge in [0.25, 0.3) is 5.91 Å². The van der Waals surface area contributed by atoms with Gasteiger partial charge in [0, 0.05) is 0 Å². The van der Waals surface area contributed by atoms with Crippen LogP contribution in [0.15, 0.2) is 23.8 Å². The molecule has 22 heavy (non-hydrogen) atoms. The number of aryl methyl sites for hydroxylation is 3. The van der Waals surface area contributed by atoms with E-state index < -0.39 is 5.91 Å². The first-order valence-electron chi connectivity index (χ1n) is 6.87. The second kappa shape index (κ2) is 6.96. The van der Waals surface area contributed by atoms with E-state index in [9.17, 15) is 10.1 Å². The van der Waals surface area contributed by atoms with Crippen molar-refractivity contribution in [1.29, 1.82) is 5.26 Å². The monoisotopic (exact) mass is 312 g/mol. The van der Waals surface area contributed by atoms with Crippen LogP contribution in [0.5, 0.6) is 0 Å². The van der Waals surface area contributed by atoms with Crippen LogP contribution >= 0.6 is 11.3 Å². The molecule has 0 atom stereocenters. The van der Waals surface area contributed by atoms with Crippen LogP contribution in [0, 0.1) is 25.2 Å². The lowest BCUT2D eigenvalue weighted by atomic mass is 10.0. The largest absolute Gasteiger partial charge is 0.296 e. The number of carbonyl (C=O) groups is 1. The van der Waals surface area contributed by atoms with Crippen LogP contribution in [-0.2, 0) is 11.2 Å². The van der Waals surface area contributed by atoms with Gasteiger partial charge < -0.3 is 0 Å². The molecule has 0 aliphatic rings. The van der Waals surface area contributed by atoms with E-state index in [-0.39, 0.29) is 5.57 Å². The Morgan fingerprint density at radius 3 is 2.59 bits per heavy atom. The van der Waals surface area contributed by atoms with Crippen LogP contribution in [0.2, 0.25) is 0 Å². The third kappa shape index (κ3) is 3.57. The fraction of sp³-hybridized carbons (Fsp3) is 0.250. The summed E-state index contributed by atoms with van der Waals surface area (Å²) in [4.78, 5) is 12.2. The number of rotatable bonds is 4. The summed E-state index contributed by atoms with van der Waals surface area (Å²) in [6, 6.07) is 7.79. The number of hydrogen-bond acceptors (Lipinski definition) is 5. The molecule has 2 aromatic rings. The average Bonchev–Trinajstić information content (AvgIpc) is 2.94. The Balaban J connectivity index is 2.26. The van der Waals surface area contributed by atoms with Crippen molar-refractivity contribution in [2.75, 3.05) is 5.32 Å². The molecule has 1 N–H and O–H groups in total. The standard InChI is InChI=1S/C16H16N4OS/c1-4-14-19-20-16(22-14)18-15(21)12(9-17)8-13-10(2)6-5-7-11(13)3/h5-8H,4H2,1-3H3,(H,18,20,21)/b12-8-. The third-order valence-corrected chi connectivity index (χ3v) is 4.17. The minimum atomic E-state index is -0.469. The van der Waals surface area contributed by atoms with Gasteiger partial charge in [0.1, 0.15) is 16.6 Å². The number of carbonyl (C=O) groups excluding carboxylic acids is 1. The molecule has 2 rings (SSSR count). The second-order valence-corrected chi connectivity index (χ2v) is 5.85. The maximum atomic E-state index is 12.2. The molecule has 1 aromatic carbocycles. The highest BCUT2D eigenvalue weighted by atomic mass is 32.1. The molecule has 1 heterocycles. The summed E-state index contributed by atoms with van der Waals surface area (Å²) in [6.07, 6.45) is 2.37. The normalized spacial score (nSPS) is 11.1. The molecule has 0 fully saturated rings. The van der Waals surface area contributed by atoms with E-state index in [1.54, 1.807) is 6.08 Å². The van der Waals surface area contributed by atoms with Crippen molar-refractivity contribution in [1.82, 2.24) is 10.2 Å². The Morgan fingerprint density at radius 2 is 2.05 bits per heavy atom. The molecule has 0 saturated carbocycles. The van der Waals surface area contributed by atoms with Crippen LogP contribution in [0.4, 0.5) is 5.13 Å². The molecule has 0 radical (unpaired) electrons. The topological polar surface area (TPSA) is 78.7 Å². The zero-order chi connectivity index (χ0) is 16.1. The number of nitrogens with one attached hydrogen (secondary N) is 1. The van der Waals surface area contributed by atoms with Gasteiger partial charge in [0.05, 0.1) is 0 Å². The molecule has 1 aromatic heterocycles. The Morgan fingerprint density at radius 1 is 1.36 bits per heavy atom. The summed E-state index contributed by atoms with van der Waals surface area (Å²) in [6.45, 7) is 5.86. The fourth-order valence-corrected chi connectivity index (χ4v) is 2.63. The van der Waals surface area contributed by atoms with Gasteiger partial charge in [0.2, 0.25) is 5.13 Å². The zero-order valence-electron chi connectivity index (χ0n) is 12.7. The Bertz CT molecular complexity index is 750. The third-order valence-electron chi connectivity index (χ3n) is 3.19. The van der Waals surface area contributed by atoms with E-state index in [4.69, 9.17) is 0 Å². The van der Waals surface area contributed by atoms with E-state index in [1.807, 2.05) is 45.0 Å². The second-order valence-electron chi connectivity index (χ2n) is 4.78. The van der Waals surface area contributed by atoms with Crippen molar-refractivity contribution >= 4 is 28.5 Å². The first kappa shape index (κ1) is 15.9. The van der Waals surface area contributed by atoms with Crippen LogP contribution in [-0.4, -0.2) is 16.1 Å². The summed E-state index contributed by atoms with van der Waals surface area (Å²) in [5.41, 5.74) is 2.97. The SMILES string of the molecule is CCc1nnc(NC(=O)/C(C#N)=C\c2c(C)cccc2C)s1. The molecule has 0 unspecified atom stereocenters. The average molecular weight is 312 g/mol. The number of anilines is 1. The van der Waals surface area contributed by atoms with Crippen LogP contribution in [0.1, 0.15) is 28.6 Å². The van der Waals surface area contributed by atoms with E-state index in [2.05, 4.69) is 15.5 Å². The number of amides is 1. The minimum absolute atomic E-state index is 0.0469. The van der Waals surface area contributed by atoms with Crippen LogP contribution in [0.3, 0.4) is 0 Å². The predicted octanol–water partition coefficient (Wildman–Crippen LogP) is 3.26. The minimum Gasteiger partial charge on any atom is -0.296 e. The maximum absolute atomic E-state index is 12.2. The highest BCUT2D eigenvalue weighted by Gasteiger charge is 2.13. The van der Waals surface area contributed by atoms with Gasteiger partial charge in [-0.15, -0.1) is 10.2 Å². The van der Waals surface area contributed by atoms with Crippen molar-refractivity contribution in [3.05, 3.63) is 45.5 Å². The Labute approximate surface area is 133 Å². The number of aromatic nitrogens is 2. The van der Waals surface area contributed by atoms with E-state index in [0.29, 0.717) is 5.13 Å². The van der Waals surface area contributed by atoms with Gasteiger partial charge >= 0.3 is 0 Å². The molecule has 6 heteroatoms. The Hall–Kier alpha value is -2.52. The summed E-state index contributed by atoms with van der Waals surface area (Å²) in [5.74, 6) is -0.469. The van der Waals surface area contributed by atoms with Gasteiger partial charge in [-0.05, 0) is 43.0 Å². The van der Waals surface area contributed by atoms with E-state index in [1.165, 1.54) is 11.3 Å². The molecule has 1 amide bonds. The number of hydrogen-bond donors (Lipinski definition) is 1.